The van der Waals surface area contributed by atoms with Crippen LogP contribution in [0.4, 0.5) is 0 Å². The number of nitrogens with zero attached hydrogens (tertiary/aromatic N) is 2. The van der Waals surface area contributed by atoms with E-state index in [1.807, 2.05) is 17.8 Å². The summed E-state index contributed by atoms with van der Waals surface area (Å²) in [4.78, 5) is 11.6. The fourth-order valence-corrected chi connectivity index (χ4v) is 2.63. The van der Waals surface area contributed by atoms with Gasteiger partial charge in [-0.05, 0) is 38.4 Å². The number of hydrogen-bond donors (Lipinski definition) is 2. The molecule has 0 aliphatic carbocycles. The third-order valence-corrected chi connectivity index (χ3v) is 3.92. The monoisotopic (exact) mass is 251 g/mol. The van der Waals surface area contributed by atoms with Crippen LogP contribution < -0.4 is 5.32 Å². The van der Waals surface area contributed by atoms with Gasteiger partial charge in [-0.3, -0.25) is 9.48 Å². The quantitative estimate of drug-likeness (QED) is 0.837. The van der Waals surface area contributed by atoms with Crippen molar-refractivity contribution in [2.45, 2.75) is 32.6 Å². The van der Waals surface area contributed by atoms with Gasteiger partial charge < -0.3 is 10.4 Å². The second kappa shape index (κ2) is 5.10. The van der Waals surface area contributed by atoms with Crippen molar-refractivity contribution < 1.29 is 9.90 Å². The third-order valence-electron chi connectivity index (χ3n) is 3.92. The molecule has 1 fully saturated rings. The summed E-state index contributed by atoms with van der Waals surface area (Å²) in [7, 11) is 1.89. The largest absolute Gasteiger partial charge is 0.481 e. The Morgan fingerprint density at radius 2 is 2.22 bits per heavy atom. The van der Waals surface area contributed by atoms with Crippen LogP contribution in [0.15, 0.2) is 6.07 Å². The van der Waals surface area contributed by atoms with Crippen LogP contribution in [0.2, 0.25) is 0 Å². The van der Waals surface area contributed by atoms with Crippen LogP contribution in [0.1, 0.15) is 31.2 Å². The predicted octanol–water partition coefficient (Wildman–Crippen LogP) is 0.979. The van der Waals surface area contributed by atoms with Crippen LogP contribution in [0.25, 0.3) is 0 Å². The summed E-state index contributed by atoms with van der Waals surface area (Å²) in [5.41, 5.74) is 1.43. The molecule has 0 unspecified atom stereocenters. The van der Waals surface area contributed by atoms with Crippen molar-refractivity contribution in [3.8, 4) is 0 Å². The lowest BCUT2D eigenvalue weighted by Crippen LogP contribution is -2.43. The van der Waals surface area contributed by atoms with E-state index < -0.39 is 11.4 Å². The van der Waals surface area contributed by atoms with Crippen LogP contribution in [0.5, 0.6) is 0 Å². The first kappa shape index (κ1) is 13.1. The first-order valence-corrected chi connectivity index (χ1v) is 6.53. The Kier molecular flexibility index (Phi) is 3.71. The summed E-state index contributed by atoms with van der Waals surface area (Å²) in [6.07, 6.45) is 2.84. The number of aryl methyl sites for hydroxylation is 2. The summed E-state index contributed by atoms with van der Waals surface area (Å²) < 4.78 is 1.82. The molecule has 0 saturated carbocycles. The maximum Gasteiger partial charge on any atom is 0.310 e. The second-order valence-electron chi connectivity index (χ2n) is 5.12. The summed E-state index contributed by atoms with van der Waals surface area (Å²) in [5, 5.41) is 17.2. The van der Waals surface area contributed by atoms with E-state index in [-0.39, 0.29) is 0 Å². The molecule has 0 amide bonds. The SMILES string of the molecule is CCc1cc(CC2(C(=O)O)CCNCC2)n(C)n1. The number of aromatic nitrogens is 2. The van der Waals surface area contributed by atoms with E-state index in [1.54, 1.807) is 0 Å². The van der Waals surface area contributed by atoms with Crippen molar-refractivity contribution >= 4 is 5.97 Å². The third kappa shape index (κ3) is 2.41. The van der Waals surface area contributed by atoms with Gasteiger partial charge in [0.25, 0.3) is 0 Å². The smallest absolute Gasteiger partial charge is 0.310 e. The minimum absolute atomic E-state index is 0.577. The van der Waals surface area contributed by atoms with Crippen LogP contribution >= 0.6 is 0 Å². The lowest BCUT2D eigenvalue weighted by molar-refractivity contribution is -0.150. The molecule has 18 heavy (non-hydrogen) atoms. The lowest BCUT2D eigenvalue weighted by atomic mass is 9.75. The minimum Gasteiger partial charge on any atom is -0.481 e. The van der Waals surface area contributed by atoms with E-state index in [4.69, 9.17) is 0 Å². The summed E-state index contributed by atoms with van der Waals surface area (Å²) in [6.45, 7) is 3.62. The number of hydrogen-bond acceptors (Lipinski definition) is 3. The van der Waals surface area contributed by atoms with Gasteiger partial charge in [-0.15, -0.1) is 0 Å². The molecule has 1 aliphatic heterocycles. The molecule has 0 aromatic carbocycles. The fourth-order valence-electron chi connectivity index (χ4n) is 2.63. The molecule has 0 bridgehead atoms. The Hall–Kier alpha value is -1.36. The summed E-state index contributed by atoms with van der Waals surface area (Å²) in [6, 6.07) is 2.03. The fraction of sp³-hybridized carbons (Fsp3) is 0.692. The average molecular weight is 251 g/mol. The van der Waals surface area contributed by atoms with Gasteiger partial charge in [-0.2, -0.15) is 5.10 Å². The molecule has 0 spiro atoms. The Bertz CT molecular complexity index is 433. The van der Waals surface area contributed by atoms with Crippen molar-refractivity contribution in [1.82, 2.24) is 15.1 Å². The van der Waals surface area contributed by atoms with Crippen molar-refractivity contribution in [1.29, 1.82) is 0 Å². The maximum atomic E-state index is 11.6. The average Bonchev–Trinajstić information content (AvgIpc) is 2.71. The number of piperidine rings is 1. The molecule has 1 aromatic rings. The van der Waals surface area contributed by atoms with Crippen molar-refractivity contribution in [3.05, 3.63) is 17.5 Å². The van der Waals surface area contributed by atoms with Crippen molar-refractivity contribution in [2.75, 3.05) is 13.1 Å². The normalized spacial score (nSPS) is 18.8. The zero-order valence-electron chi connectivity index (χ0n) is 11.1. The van der Waals surface area contributed by atoms with Gasteiger partial charge in [-0.25, -0.2) is 0 Å². The molecule has 5 heteroatoms. The Morgan fingerprint density at radius 3 is 2.72 bits per heavy atom. The standard InChI is InChI=1S/C13H21N3O2/c1-3-10-8-11(16(2)15-10)9-13(12(17)18)4-6-14-7-5-13/h8,14H,3-7,9H2,1-2H3,(H,17,18). The topological polar surface area (TPSA) is 67.2 Å². The summed E-state index contributed by atoms with van der Waals surface area (Å²) >= 11 is 0. The maximum absolute atomic E-state index is 11.6. The molecular formula is C13H21N3O2. The Balaban J connectivity index is 2.22. The van der Waals surface area contributed by atoms with Gasteiger partial charge in [-0.1, -0.05) is 6.92 Å². The predicted molar refractivity (Wildman–Crippen MR) is 68.5 cm³/mol. The van der Waals surface area contributed by atoms with Crippen LogP contribution in [0, 0.1) is 5.41 Å². The number of carboxylic acids is 1. The van der Waals surface area contributed by atoms with E-state index in [9.17, 15) is 9.90 Å². The Labute approximate surface area is 107 Å². The molecule has 2 rings (SSSR count). The molecular weight excluding hydrogens is 230 g/mol. The zero-order valence-corrected chi connectivity index (χ0v) is 11.1. The number of nitrogens with one attached hydrogen (secondary N) is 1. The number of carboxylic acid groups (broad SMARTS) is 1. The second-order valence-corrected chi connectivity index (χ2v) is 5.12. The highest BCUT2D eigenvalue weighted by Gasteiger charge is 2.40. The Morgan fingerprint density at radius 1 is 1.56 bits per heavy atom. The minimum atomic E-state index is -0.678. The molecule has 1 saturated heterocycles. The van der Waals surface area contributed by atoms with Gasteiger partial charge >= 0.3 is 5.97 Å². The highest BCUT2D eigenvalue weighted by atomic mass is 16.4. The van der Waals surface area contributed by atoms with E-state index >= 15 is 0 Å². The van der Waals surface area contributed by atoms with Gasteiger partial charge in [0.15, 0.2) is 0 Å². The highest BCUT2D eigenvalue weighted by Crippen LogP contribution is 2.33. The zero-order chi connectivity index (χ0) is 13.2. The van der Waals surface area contributed by atoms with E-state index in [1.165, 1.54) is 0 Å². The van der Waals surface area contributed by atoms with Crippen molar-refractivity contribution in [3.63, 3.8) is 0 Å². The molecule has 100 valence electrons. The summed E-state index contributed by atoms with van der Waals surface area (Å²) in [5.74, 6) is -0.678. The molecule has 2 N–H and O–H groups in total. The first-order valence-electron chi connectivity index (χ1n) is 6.53. The number of rotatable bonds is 4. The molecule has 0 atom stereocenters. The van der Waals surface area contributed by atoms with Gasteiger partial charge in [0.2, 0.25) is 0 Å². The van der Waals surface area contributed by atoms with Gasteiger partial charge in [0.1, 0.15) is 0 Å². The van der Waals surface area contributed by atoms with E-state index in [0.29, 0.717) is 19.3 Å². The molecule has 0 radical (unpaired) electrons. The van der Waals surface area contributed by atoms with Crippen molar-refractivity contribution in [2.24, 2.45) is 12.5 Å². The van der Waals surface area contributed by atoms with E-state index in [0.717, 1.165) is 30.9 Å². The van der Waals surface area contributed by atoms with E-state index in [2.05, 4.69) is 17.3 Å². The molecule has 1 aromatic heterocycles. The molecule has 2 heterocycles. The number of carbonyl (C=O) groups is 1. The molecule has 1 aliphatic rings. The lowest BCUT2D eigenvalue weighted by Gasteiger charge is -2.33. The highest BCUT2D eigenvalue weighted by molar-refractivity contribution is 5.75. The first-order chi connectivity index (χ1) is 8.57. The van der Waals surface area contributed by atoms with Gasteiger partial charge in [0.05, 0.1) is 11.1 Å². The van der Waals surface area contributed by atoms with Gasteiger partial charge in [0, 0.05) is 19.2 Å². The number of aliphatic carboxylic acids is 1. The van der Waals surface area contributed by atoms with Crippen LogP contribution in [-0.4, -0.2) is 33.9 Å². The van der Waals surface area contributed by atoms with Crippen LogP contribution in [0.3, 0.4) is 0 Å². The molecule has 5 nitrogen and oxygen atoms in total. The van der Waals surface area contributed by atoms with Crippen LogP contribution in [-0.2, 0) is 24.7 Å².